The van der Waals surface area contributed by atoms with Crippen molar-refractivity contribution in [3.05, 3.63) is 64.7 Å². The highest BCUT2D eigenvalue weighted by molar-refractivity contribution is 5.94. The summed E-state index contributed by atoms with van der Waals surface area (Å²) in [7, 11) is 0. The minimum atomic E-state index is 0.0965. The molecule has 0 bridgehead atoms. The predicted molar refractivity (Wildman–Crippen MR) is 99.6 cm³/mol. The van der Waals surface area contributed by atoms with E-state index in [1.807, 2.05) is 24.3 Å². The normalized spacial score (nSPS) is 16.2. The van der Waals surface area contributed by atoms with E-state index in [0.29, 0.717) is 0 Å². The summed E-state index contributed by atoms with van der Waals surface area (Å²) in [6.45, 7) is 9.05. The summed E-state index contributed by atoms with van der Waals surface area (Å²) < 4.78 is 5.80. The molecule has 0 spiro atoms. The third kappa shape index (κ3) is 3.28. The van der Waals surface area contributed by atoms with Crippen LogP contribution in [0, 0.1) is 0 Å². The summed E-state index contributed by atoms with van der Waals surface area (Å²) >= 11 is 0. The van der Waals surface area contributed by atoms with Gasteiger partial charge in [0.25, 0.3) is 0 Å². The van der Waals surface area contributed by atoms with Crippen molar-refractivity contribution >= 4 is 17.4 Å². The molecule has 2 nitrogen and oxygen atoms in total. The van der Waals surface area contributed by atoms with Gasteiger partial charge < -0.3 is 4.74 Å². The molecule has 0 radical (unpaired) electrons. The van der Waals surface area contributed by atoms with Gasteiger partial charge in [0.05, 0.1) is 6.61 Å². The number of hydrogen-bond acceptors (Lipinski definition) is 2. The Kier molecular flexibility index (Phi) is 4.31. The summed E-state index contributed by atoms with van der Waals surface area (Å²) in [5.74, 6) is 1.10. The fourth-order valence-electron chi connectivity index (χ4n) is 3.13. The van der Waals surface area contributed by atoms with Crippen LogP contribution in [0.5, 0.6) is 5.75 Å². The topological polar surface area (TPSA) is 26.3 Å². The van der Waals surface area contributed by atoms with Crippen molar-refractivity contribution in [2.75, 3.05) is 6.61 Å². The molecule has 1 heterocycles. The first-order valence-electron chi connectivity index (χ1n) is 8.44. The molecule has 0 N–H and O–H groups in total. The number of Topliss-reactive ketones (excluding diaryl/α,β-unsaturated/α-hetero) is 1. The Bertz CT molecular complexity index is 795. The predicted octanol–water partition coefficient (Wildman–Crippen LogP) is 5.51. The number of carbonyl (C=O) groups excluding carboxylic acids is 1. The number of carbonyl (C=O) groups is 1. The van der Waals surface area contributed by atoms with E-state index in [0.717, 1.165) is 29.9 Å². The first-order chi connectivity index (χ1) is 11.4. The van der Waals surface area contributed by atoms with Gasteiger partial charge in [-0.1, -0.05) is 50.3 Å². The van der Waals surface area contributed by atoms with Crippen molar-refractivity contribution in [1.82, 2.24) is 0 Å². The maximum atomic E-state index is 11.4. The lowest BCUT2D eigenvalue weighted by Crippen LogP contribution is -2.26. The smallest absolute Gasteiger partial charge is 0.159 e. The Balaban J connectivity index is 1.92. The summed E-state index contributed by atoms with van der Waals surface area (Å²) in [6.07, 6.45) is 3.20. The zero-order chi connectivity index (χ0) is 17.3. The van der Waals surface area contributed by atoms with Crippen molar-refractivity contribution in [3.63, 3.8) is 0 Å². The van der Waals surface area contributed by atoms with Crippen LogP contribution in [0.2, 0.25) is 0 Å². The minimum absolute atomic E-state index is 0.0965. The third-order valence-electron chi connectivity index (χ3n) is 4.85. The quantitative estimate of drug-likeness (QED) is 0.550. The molecule has 0 amide bonds. The van der Waals surface area contributed by atoms with Gasteiger partial charge >= 0.3 is 0 Å². The van der Waals surface area contributed by atoms with Crippen LogP contribution in [0.25, 0.3) is 11.6 Å². The lowest BCUT2D eigenvalue weighted by molar-refractivity contribution is 0.101. The molecule has 0 aliphatic carbocycles. The van der Waals surface area contributed by atoms with Gasteiger partial charge in [-0.25, -0.2) is 0 Å². The summed E-state index contributed by atoms with van der Waals surface area (Å²) in [5.41, 5.74) is 5.69. The number of ketones is 1. The number of hydrogen-bond donors (Lipinski definition) is 0. The van der Waals surface area contributed by atoms with Gasteiger partial charge in [-0.2, -0.15) is 0 Å². The highest BCUT2D eigenvalue weighted by Gasteiger charge is 2.28. The van der Waals surface area contributed by atoms with E-state index in [1.54, 1.807) is 6.92 Å². The lowest BCUT2D eigenvalue weighted by atomic mass is 9.79. The molecule has 0 fully saturated rings. The Labute approximate surface area is 144 Å². The van der Waals surface area contributed by atoms with Gasteiger partial charge in [0.1, 0.15) is 5.75 Å². The van der Waals surface area contributed by atoms with Gasteiger partial charge in [-0.15, -0.1) is 0 Å². The van der Waals surface area contributed by atoms with Crippen molar-refractivity contribution in [1.29, 1.82) is 0 Å². The van der Waals surface area contributed by atoms with Crippen LogP contribution in [-0.4, -0.2) is 12.4 Å². The summed E-state index contributed by atoms with van der Waals surface area (Å²) in [6, 6.07) is 14.2. The SMILES string of the molecule is CC(=O)c1ccc(/C=C(\C)c2ccc3c(c2)C(C)(C)CCO3)cc1. The lowest BCUT2D eigenvalue weighted by Gasteiger charge is -2.32. The van der Waals surface area contributed by atoms with Crippen LogP contribution in [0.15, 0.2) is 42.5 Å². The Hall–Kier alpha value is -2.35. The monoisotopic (exact) mass is 320 g/mol. The zero-order valence-electron chi connectivity index (χ0n) is 14.8. The second-order valence-electron chi connectivity index (χ2n) is 7.20. The highest BCUT2D eigenvalue weighted by atomic mass is 16.5. The van der Waals surface area contributed by atoms with Crippen molar-refractivity contribution in [2.45, 2.75) is 39.5 Å². The fraction of sp³-hybridized carbons (Fsp3) is 0.318. The fourth-order valence-corrected chi connectivity index (χ4v) is 3.13. The number of ether oxygens (including phenoxy) is 1. The molecule has 2 aromatic rings. The Morgan fingerprint density at radius 2 is 1.71 bits per heavy atom. The number of rotatable bonds is 3. The first-order valence-corrected chi connectivity index (χ1v) is 8.44. The van der Waals surface area contributed by atoms with Crippen molar-refractivity contribution in [2.24, 2.45) is 0 Å². The molecule has 0 saturated heterocycles. The summed E-state index contributed by atoms with van der Waals surface area (Å²) in [4.78, 5) is 11.4. The molecule has 0 saturated carbocycles. The second kappa shape index (κ2) is 6.27. The van der Waals surface area contributed by atoms with Crippen LogP contribution < -0.4 is 4.74 Å². The molecule has 2 heteroatoms. The standard InChI is InChI=1S/C22H24O2/c1-15(13-17-5-7-18(8-6-17)16(2)23)19-9-10-21-20(14-19)22(3,4)11-12-24-21/h5-10,13-14H,11-12H2,1-4H3/b15-13+. The van der Waals surface area contributed by atoms with E-state index in [2.05, 4.69) is 45.0 Å². The van der Waals surface area contributed by atoms with Crippen LogP contribution >= 0.6 is 0 Å². The van der Waals surface area contributed by atoms with Crippen LogP contribution in [0.1, 0.15) is 61.2 Å². The maximum absolute atomic E-state index is 11.4. The van der Waals surface area contributed by atoms with Gasteiger partial charge in [0.2, 0.25) is 0 Å². The largest absolute Gasteiger partial charge is 0.493 e. The number of fused-ring (bicyclic) bond motifs is 1. The average Bonchev–Trinajstić information content (AvgIpc) is 2.55. The molecular formula is C22H24O2. The first kappa shape index (κ1) is 16.5. The van der Waals surface area contributed by atoms with E-state index < -0.39 is 0 Å². The Morgan fingerprint density at radius 3 is 2.38 bits per heavy atom. The number of allylic oxidation sites excluding steroid dienone is 1. The maximum Gasteiger partial charge on any atom is 0.159 e. The Morgan fingerprint density at radius 1 is 1.04 bits per heavy atom. The van der Waals surface area contributed by atoms with Crippen molar-refractivity contribution in [3.8, 4) is 5.75 Å². The molecule has 24 heavy (non-hydrogen) atoms. The van der Waals surface area contributed by atoms with E-state index in [9.17, 15) is 4.79 Å². The second-order valence-corrected chi connectivity index (χ2v) is 7.20. The summed E-state index contributed by atoms with van der Waals surface area (Å²) in [5, 5.41) is 0. The molecule has 1 aliphatic rings. The molecule has 0 unspecified atom stereocenters. The van der Waals surface area contributed by atoms with E-state index >= 15 is 0 Å². The molecule has 0 atom stereocenters. The molecular weight excluding hydrogens is 296 g/mol. The van der Waals surface area contributed by atoms with E-state index in [-0.39, 0.29) is 11.2 Å². The molecule has 3 rings (SSSR count). The molecule has 2 aromatic carbocycles. The average molecular weight is 320 g/mol. The zero-order valence-corrected chi connectivity index (χ0v) is 14.8. The van der Waals surface area contributed by atoms with Crippen LogP contribution in [0.4, 0.5) is 0 Å². The van der Waals surface area contributed by atoms with E-state index in [1.165, 1.54) is 16.7 Å². The van der Waals surface area contributed by atoms with Crippen LogP contribution in [-0.2, 0) is 5.41 Å². The molecule has 0 aromatic heterocycles. The van der Waals surface area contributed by atoms with E-state index in [4.69, 9.17) is 4.74 Å². The van der Waals surface area contributed by atoms with Crippen molar-refractivity contribution < 1.29 is 9.53 Å². The third-order valence-corrected chi connectivity index (χ3v) is 4.85. The van der Waals surface area contributed by atoms with Gasteiger partial charge in [0, 0.05) is 11.1 Å². The molecule has 1 aliphatic heterocycles. The van der Waals surface area contributed by atoms with Gasteiger partial charge in [-0.3, -0.25) is 4.79 Å². The number of benzene rings is 2. The minimum Gasteiger partial charge on any atom is -0.493 e. The van der Waals surface area contributed by atoms with Gasteiger partial charge in [0.15, 0.2) is 5.78 Å². The van der Waals surface area contributed by atoms with Crippen LogP contribution in [0.3, 0.4) is 0 Å². The van der Waals surface area contributed by atoms with Gasteiger partial charge in [-0.05, 0) is 54.5 Å². The molecule has 124 valence electrons. The highest BCUT2D eigenvalue weighted by Crippen LogP contribution is 2.39.